The van der Waals surface area contributed by atoms with E-state index < -0.39 is 0 Å². The number of thiazole rings is 1. The molecule has 0 saturated carbocycles. The van der Waals surface area contributed by atoms with E-state index in [1.165, 1.54) is 5.56 Å². The van der Waals surface area contributed by atoms with E-state index in [2.05, 4.69) is 22.3 Å². The topological polar surface area (TPSA) is 42.3 Å². The molecule has 0 bridgehead atoms. The average Bonchev–Trinajstić information content (AvgIpc) is 2.89. The van der Waals surface area contributed by atoms with Crippen LogP contribution in [0.15, 0.2) is 53.2 Å². The summed E-state index contributed by atoms with van der Waals surface area (Å²) in [7, 11) is 0. The van der Waals surface area contributed by atoms with Gasteiger partial charge in [0.05, 0.1) is 15.7 Å². The van der Waals surface area contributed by atoms with Gasteiger partial charge in [-0.15, -0.1) is 16.2 Å². The van der Waals surface area contributed by atoms with Crippen molar-refractivity contribution in [3.05, 3.63) is 64.0 Å². The molecule has 0 aliphatic rings. The molecule has 3 nitrogen and oxygen atoms in total. The fourth-order valence-electron chi connectivity index (χ4n) is 2.03. The summed E-state index contributed by atoms with van der Waals surface area (Å²) in [5.41, 5.74) is 5.38. The molecule has 0 fully saturated rings. The van der Waals surface area contributed by atoms with Gasteiger partial charge in [0.2, 0.25) is 0 Å². The van der Waals surface area contributed by atoms with Crippen LogP contribution in [0.1, 0.15) is 11.1 Å². The van der Waals surface area contributed by atoms with E-state index in [1.54, 1.807) is 22.9 Å². The third kappa shape index (κ3) is 1.91. The lowest BCUT2D eigenvalue weighted by atomic mass is 10.0. The molecule has 0 unspecified atom stereocenters. The van der Waals surface area contributed by atoms with Gasteiger partial charge in [0.15, 0.2) is 0 Å². The number of nitroso groups, excluding NO2 is 1. The zero-order valence-corrected chi connectivity index (χ0v) is 10.4. The van der Waals surface area contributed by atoms with Crippen LogP contribution in [-0.4, -0.2) is 4.98 Å². The first-order valence-corrected chi connectivity index (χ1v) is 6.49. The molecule has 0 radical (unpaired) electrons. The third-order valence-electron chi connectivity index (χ3n) is 2.90. The van der Waals surface area contributed by atoms with E-state index in [-0.39, 0.29) is 0 Å². The molecule has 1 heterocycles. The number of benzene rings is 2. The predicted octanol–water partition coefficient (Wildman–Crippen LogP) is 4.29. The van der Waals surface area contributed by atoms with E-state index in [1.807, 2.05) is 24.3 Å². The van der Waals surface area contributed by atoms with Crippen LogP contribution in [0, 0.1) is 4.91 Å². The lowest BCUT2D eigenvalue weighted by Crippen LogP contribution is -1.89. The zero-order valence-electron chi connectivity index (χ0n) is 9.54. The van der Waals surface area contributed by atoms with E-state index in [4.69, 9.17) is 0 Å². The summed E-state index contributed by atoms with van der Waals surface area (Å²) in [6.45, 7) is 0. The van der Waals surface area contributed by atoms with Crippen LogP contribution >= 0.6 is 11.3 Å². The van der Waals surface area contributed by atoms with Gasteiger partial charge < -0.3 is 0 Å². The van der Waals surface area contributed by atoms with E-state index in [0.717, 1.165) is 15.8 Å². The van der Waals surface area contributed by atoms with Crippen molar-refractivity contribution in [2.45, 2.75) is 6.42 Å². The first-order chi connectivity index (χ1) is 8.88. The second-order valence-corrected chi connectivity index (χ2v) is 4.87. The minimum Gasteiger partial charge on any atom is -0.245 e. The summed E-state index contributed by atoms with van der Waals surface area (Å²) >= 11 is 1.55. The normalized spacial score (nSPS) is 10.7. The number of nitrogens with zero attached hydrogens (tertiary/aromatic N) is 2. The molecule has 3 aromatic rings. The highest BCUT2D eigenvalue weighted by Crippen LogP contribution is 2.32. The fraction of sp³-hybridized carbons (Fsp3) is 0.0714. The van der Waals surface area contributed by atoms with Crippen LogP contribution < -0.4 is 0 Å². The van der Waals surface area contributed by atoms with Crippen molar-refractivity contribution in [2.24, 2.45) is 5.18 Å². The summed E-state index contributed by atoms with van der Waals surface area (Å²) in [6, 6.07) is 13.7. The number of aromatic nitrogens is 1. The largest absolute Gasteiger partial charge is 0.245 e. The maximum Gasteiger partial charge on any atom is 0.113 e. The Bertz CT molecular complexity index is 691. The van der Waals surface area contributed by atoms with Crippen molar-refractivity contribution in [2.75, 3.05) is 0 Å². The Morgan fingerprint density at radius 1 is 1.11 bits per heavy atom. The minimum absolute atomic E-state index is 0.510. The monoisotopic (exact) mass is 254 g/mol. The molecule has 0 saturated heterocycles. The molecule has 0 aliphatic heterocycles. The van der Waals surface area contributed by atoms with Crippen LogP contribution in [-0.2, 0) is 6.42 Å². The SMILES string of the molecule is O=Nc1ccc2ncsc2c1Cc1ccccc1. The number of hydrogen-bond acceptors (Lipinski definition) is 4. The maximum absolute atomic E-state index is 10.9. The Kier molecular flexibility index (Phi) is 2.86. The number of hydrogen-bond donors (Lipinski definition) is 0. The Hall–Kier alpha value is -2.07. The summed E-state index contributed by atoms with van der Waals surface area (Å²) in [5.74, 6) is 0. The van der Waals surface area contributed by atoms with Crippen molar-refractivity contribution in [3.63, 3.8) is 0 Å². The van der Waals surface area contributed by atoms with Crippen molar-refractivity contribution in [1.29, 1.82) is 0 Å². The van der Waals surface area contributed by atoms with Gasteiger partial charge in [-0.05, 0) is 22.9 Å². The van der Waals surface area contributed by atoms with Crippen molar-refractivity contribution in [1.82, 2.24) is 4.98 Å². The summed E-state index contributed by atoms with van der Waals surface area (Å²) < 4.78 is 1.05. The third-order valence-corrected chi connectivity index (χ3v) is 3.80. The maximum atomic E-state index is 10.9. The van der Waals surface area contributed by atoms with Crippen molar-refractivity contribution < 1.29 is 0 Å². The molecule has 88 valence electrons. The molecule has 0 atom stereocenters. The molecule has 1 aromatic heterocycles. The molecule has 0 amide bonds. The first kappa shape index (κ1) is 11.0. The zero-order chi connectivity index (χ0) is 12.4. The standard InChI is InChI=1S/C14H10N2OS/c17-16-12-6-7-13-14(18-9-15-13)11(12)8-10-4-2-1-3-5-10/h1-7,9H,8H2. The average molecular weight is 254 g/mol. The molecule has 18 heavy (non-hydrogen) atoms. The van der Waals surface area contributed by atoms with Crippen molar-refractivity contribution >= 4 is 27.2 Å². The summed E-state index contributed by atoms with van der Waals surface area (Å²) in [5, 5.41) is 3.13. The van der Waals surface area contributed by atoms with Gasteiger partial charge in [0.1, 0.15) is 5.69 Å². The molecule has 2 aromatic carbocycles. The van der Waals surface area contributed by atoms with Gasteiger partial charge in [-0.1, -0.05) is 30.3 Å². The van der Waals surface area contributed by atoms with Crippen LogP contribution in [0.5, 0.6) is 0 Å². The molecule has 3 rings (SSSR count). The van der Waals surface area contributed by atoms with Gasteiger partial charge >= 0.3 is 0 Å². The van der Waals surface area contributed by atoms with Gasteiger partial charge in [0.25, 0.3) is 0 Å². The van der Waals surface area contributed by atoms with Crippen LogP contribution in [0.25, 0.3) is 10.2 Å². The smallest absolute Gasteiger partial charge is 0.113 e. The second-order valence-electron chi connectivity index (χ2n) is 4.02. The van der Waals surface area contributed by atoms with E-state index in [9.17, 15) is 4.91 Å². The molecular weight excluding hydrogens is 244 g/mol. The molecule has 0 N–H and O–H groups in total. The summed E-state index contributed by atoms with van der Waals surface area (Å²) in [4.78, 5) is 15.2. The molecule has 4 heteroatoms. The number of rotatable bonds is 3. The fourth-order valence-corrected chi connectivity index (χ4v) is 2.86. The van der Waals surface area contributed by atoms with Gasteiger partial charge in [-0.25, -0.2) is 4.98 Å². The van der Waals surface area contributed by atoms with Crippen LogP contribution in [0.3, 0.4) is 0 Å². The van der Waals surface area contributed by atoms with Gasteiger partial charge in [-0.3, -0.25) is 0 Å². The number of fused-ring (bicyclic) bond motifs is 1. The second kappa shape index (κ2) is 4.66. The van der Waals surface area contributed by atoms with E-state index in [0.29, 0.717) is 12.1 Å². The highest BCUT2D eigenvalue weighted by atomic mass is 32.1. The molecule has 0 aliphatic carbocycles. The van der Waals surface area contributed by atoms with Crippen LogP contribution in [0.4, 0.5) is 5.69 Å². The van der Waals surface area contributed by atoms with Crippen molar-refractivity contribution in [3.8, 4) is 0 Å². The minimum atomic E-state index is 0.510. The lowest BCUT2D eigenvalue weighted by molar-refractivity contribution is 1.20. The molecule has 0 spiro atoms. The summed E-state index contributed by atoms with van der Waals surface area (Å²) in [6.07, 6.45) is 0.710. The quantitative estimate of drug-likeness (QED) is 0.654. The Labute approximate surface area is 108 Å². The van der Waals surface area contributed by atoms with E-state index >= 15 is 0 Å². The predicted molar refractivity (Wildman–Crippen MR) is 74.3 cm³/mol. The first-order valence-electron chi connectivity index (χ1n) is 5.61. The Morgan fingerprint density at radius 3 is 2.72 bits per heavy atom. The Balaban J connectivity index is 2.14. The highest BCUT2D eigenvalue weighted by Gasteiger charge is 2.11. The highest BCUT2D eigenvalue weighted by molar-refractivity contribution is 7.17. The van der Waals surface area contributed by atoms with Gasteiger partial charge in [-0.2, -0.15) is 0 Å². The Morgan fingerprint density at radius 2 is 1.94 bits per heavy atom. The van der Waals surface area contributed by atoms with Crippen LogP contribution in [0.2, 0.25) is 0 Å². The lowest BCUT2D eigenvalue weighted by Gasteiger charge is -2.05. The van der Waals surface area contributed by atoms with Gasteiger partial charge in [0, 0.05) is 12.0 Å². The molecular formula is C14H10N2OS.